The predicted octanol–water partition coefficient (Wildman–Crippen LogP) is 3.37. The van der Waals surface area contributed by atoms with Crippen LogP contribution in [0.15, 0.2) is 18.5 Å². The predicted molar refractivity (Wildman–Crippen MR) is 131 cm³/mol. The minimum atomic E-state index is -0.985. The van der Waals surface area contributed by atoms with Gasteiger partial charge in [-0.1, -0.05) is 0 Å². The molecule has 1 fully saturated rings. The first-order valence-electron chi connectivity index (χ1n) is 10.6. The van der Waals surface area contributed by atoms with E-state index < -0.39 is 15.7 Å². The van der Waals surface area contributed by atoms with E-state index in [1.807, 2.05) is 4.90 Å². The van der Waals surface area contributed by atoms with Gasteiger partial charge in [0.15, 0.2) is 27.3 Å². The van der Waals surface area contributed by atoms with Gasteiger partial charge in [-0.3, -0.25) is 0 Å². The van der Waals surface area contributed by atoms with Crippen LogP contribution in [-0.4, -0.2) is 56.2 Å². The number of nitrogens with zero attached hydrogens (tertiary/aromatic N) is 5. The fourth-order valence-electron chi connectivity index (χ4n) is 4.14. The van der Waals surface area contributed by atoms with Gasteiger partial charge in [0.2, 0.25) is 0 Å². The first-order chi connectivity index (χ1) is 16.4. The van der Waals surface area contributed by atoms with Crippen molar-refractivity contribution in [2.45, 2.75) is 23.0 Å². The Kier molecular flexibility index (Phi) is 6.07. The minimum absolute atomic E-state index is 0.0218. The van der Waals surface area contributed by atoms with Gasteiger partial charge in [-0.2, -0.15) is 9.97 Å². The second-order valence-corrected chi connectivity index (χ2v) is 9.14. The molecule has 0 spiro atoms. The number of halogens is 3. The number of benzene rings is 1. The molecule has 4 aromatic rings. The number of nitrogens with two attached hydrogens (primary N) is 1. The van der Waals surface area contributed by atoms with Gasteiger partial charge in [-0.15, -0.1) is 0 Å². The molecular weight excluding hydrogens is 561 g/mol. The zero-order valence-corrected chi connectivity index (χ0v) is 20.2. The molecule has 5 rings (SSSR count). The number of alkyl halides is 1. The lowest BCUT2D eigenvalue weighted by molar-refractivity contribution is 0.275. The molecule has 0 aliphatic carbocycles. The quantitative estimate of drug-likeness (QED) is 0.206. The van der Waals surface area contributed by atoms with Crippen molar-refractivity contribution < 1.29 is 18.6 Å². The molecule has 3 aromatic heterocycles. The summed E-state index contributed by atoms with van der Waals surface area (Å²) in [7, 11) is 1.62. The van der Waals surface area contributed by atoms with E-state index in [0.29, 0.717) is 35.5 Å². The highest BCUT2D eigenvalue weighted by Gasteiger charge is 2.27. The fraction of sp³-hybridized carbons (Fsp3) is 0.333. The second kappa shape index (κ2) is 9.03. The van der Waals surface area contributed by atoms with Gasteiger partial charge in [-0.05, 0) is 35.4 Å². The molecule has 0 bridgehead atoms. The van der Waals surface area contributed by atoms with Crippen LogP contribution >= 0.6 is 22.6 Å². The molecule has 1 aliphatic rings. The molecule has 13 heteroatoms. The number of fused-ring (bicyclic) bond motifs is 3. The van der Waals surface area contributed by atoms with Crippen LogP contribution in [0.2, 0.25) is 0 Å². The van der Waals surface area contributed by atoms with Crippen LogP contribution in [0, 0.1) is 11.6 Å². The molecule has 0 radical (unpaired) electrons. The SMILES string of the molecule is CNc1cc(F)c(F)c2c1[nH]c1nc(Oc3cnc([C@@H](O)I)nc3)nc(N3CCC[C@H](N)C3)c12. The number of hydrogen-bond donors (Lipinski definition) is 4. The standard InChI is InChI=1S/C21H21F2IN8O2/c1-26-12-5-11(22)15(23)13-14-18(29-16(12)13)30-21(31-20(14)32-4-2-3-9(25)8-32)34-10-6-27-19(17(24)33)28-7-10/h5-7,9,17,26,33H,2-4,8,25H2,1H3,(H,29,30,31)/t9-,17+/m0/s1. The third-order valence-electron chi connectivity index (χ3n) is 5.68. The number of ether oxygens (including phenoxy) is 1. The second-order valence-electron chi connectivity index (χ2n) is 7.96. The first-order valence-corrected chi connectivity index (χ1v) is 11.8. The van der Waals surface area contributed by atoms with Crippen molar-refractivity contribution in [3.63, 3.8) is 0 Å². The van der Waals surface area contributed by atoms with Gasteiger partial charge in [0, 0.05) is 32.2 Å². The summed E-state index contributed by atoms with van der Waals surface area (Å²) >= 11 is 1.78. The van der Waals surface area contributed by atoms with E-state index in [2.05, 4.69) is 30.2 Å². The Labute approximate surface area is 206 Å². The normalized spacial score (nSPS) is 17.4. The van der Waals surface area contributed by atoms with Crippen LogP contribution in [0.3, 0.4) is 0 Å². The first kappa shape index (κ1) is 22.9. The van der Waals surface area contributed by atoms with Crippen molar-refractivity contribution in [2.24, 2.45) is 5.73 Å². The Morgan fingerprint density at radius 3 is 2.74 bits per heavy atom. The highest BCUT2D eigenvalue weighted by molar-refractivity contribution is 14.1. The number of H-pyrrole nitrogens is 1. The summed E-state index contributed by atoms with van der Waals surface area (Å²) in [5.41, 5.74) is 7.23. The number of aromatic amines is 1. The van der Waals surface area contributed by atoms with Crippen molar-refractivity contribution in [2.75, 3.05) is 30.4 Å². The zero-order chi connectivity index (χ0) is 24.0. The van der Waals surface area contributed by atoms with Crippen LogP contribution in [0.25, 0.3) is 21.9 Å². The van der Waals surface area contributed by atoms with E-state index in [1.165, 1.54) is 12.4 Å². The van der Waals surface area contributed by atoms with E-state index in [1.54, 1.807) is 29.6 Å². The zero-order valence-electron chi connectivity index (χ0n) is 18.0. The summed E-state index contributed by atoms with van der Waals surface area (Å²) in [6.07, 6.45) is 4.49. The Balaban J connectivity index is 1.69. The summed E-state index contributed by atoms with van der Waals surface area (Å²) in [5, 5.41) is 12.9. The van der Waals surface area contributed by atoms with E-state index in [-0.39, 0.29) is 34.7 Å². The van der Waals surface area contributed by atoms with E-state index >= 15 is 4.39 Å². The molecule has 4 heterocycles. The third-order valence-corrected chi connectivity index (χ3v) is 6.24. The topological polar surface area (TPSA) is 138 Å². The number of rotatable bonds is 5. The number of anilines is 2. The van der Waals surface area contributed by atoms with Gasteiger partial charge in [-0.25, -0.2) is 18.7 Å². The van der Waals surface area contributed by atoms with Crippen molar-refractivity contribution in [1.29, 1.82) is 0 Å². The summed E-state index contributed by atoms with van der Waals surface area (Å²) in [5.74, 6) is -1.07. The Morgan fingerprint density at radius 1 is 1.29 bits per heavy atom. The van der Waals surface area contributed by atoms with E-state index in [0.717, 1.165) is 18.9 Å². The van der Waals surface area contributed by atoms with Crippen molar-refractivity contribution >= 4 is 56.0 Å². The van der Waals surface area contributed by atoms with Crippen LogP contribution < -0.4 is 20.7 Å². The number of hydrogen-bond acceptors (Lipinski definition) is 9. The maximum absolute atomic E-state index is 15.1. The maximum Gasteiger partial charge on any atom is 0.326 e. The number of nitrogens with one attached hydrogen (secondary N) is 2. The van der Waals surface area contributed by atoms with Gasteiger partial charge in [0.05, 0.1) is 34.4 Å². The van der Waals surface area contributed by atoms with Crippen molar-refractivity contribution in [1.82, 2.24) is 24.9 Å². The number of aliphatic hydroxyl groups excluding tert-OH is 1. The largest absolute Gasteiger partial charge is 0.421 e. The van der Waals surface area contributed by atoms with Gasteiger partial charge in [0.1, 0.15) is 11.5 Å². The highest BCUT2D eigenvalue weighted by atomic mass is 127. The minimum Gasteiger partial charge on any atom is -0.421 e. The fourth-order valence-corrected chi connectivity index (χ4v) is 4.46. The lowest BCUT2D eigenvalue weighted by Gasteiger charge is -2.32. The summed E-state index contributed by atoms with van der Waals surface area (Å²) < 4.78 is 34.4. The van der Waals surface area contributed by atoms with Crippen LogP contribution in [0.4, 0.5) is 20.3 Å². The molecule has 5 N–H and O–H groups in total. The summed E-state index contributed by atoms with van der Waals surface area (Å²) in [6, 6.07) is 0.990. The molecule has 1 aliphatic heterocycles. The van der Waals surface area contributed by atoms with Crippen LogP contribution in [0.1, 0.15) is 22.8 Å². The smallest absolute Gasteiger partial charge is 0.326 e. The van der Waals surface area contributed by atoms with Gasteiger partial charge in [0.25, 0.3) is 0 Å². The van der Waals surface area contributed by atoms with E-state index in [9.17, 15) is 9.50 Å². The molecule has 178 valence electrons. The molecule has 0 unspecified atom stereocenters. The van der Waals surface area contributed by atoms with Gasteiger partial charge < -0.3 is 30.8 Å². The number of aliphatic hydroxyl groups is 1. The maximum atomic E-state index is 15.1. The average molecular weight is 582 g/mol. The Bertz CT molecular complexity index is 1370. The third kappa shape index (κ3) is 4.07. The number of aromatic nitrogens is 5. The highest BCUT2D eigenvalue weighted by Crippen LogP contribution is 2.39. The molecule has 34 heavy (non-hydrogen) atoms. The lowest BCUT2D eigenvalue weighted by atomic mass is 10.1. The van der Waals surface area contributed by atoms with E-state index in [4.69, 9.17) is 10.5 Å². The number of piperidine rings is 1. The summed E-state index contributed by atoms with van der Waals surface area (Å²) in [4.78, 5) is 22.1. The molecule has 1 aromatic carbocycles. The molecule has 1 saturated heterocycles. The average Bonchev–Trinajstić information content (AvgIpc) is 3.21. The molecule has 10 nitrogen and oxygen atoms in total. The Hall–Kier alpha value is -2.91. The molecule has 0 saturated carbocycles. The Morgan fingerprint density at radius 2 is 2.06 bits per heavy atom. The van der Waals surface area contributed by atoms with Gasteiger partial charge >= 0.3 is 6.01 Å². The summed E-state index contributed by atoms with van der Waals surface area (Å²) in [6.45, 7) is 1.15. The van der Waals surface area contributed by atoms with Crippen molar-refractivity contribution in [3.05, 3.63) is 35.9 Å². The molecular formula is C21H21F2IN8O2. The molecule has 0 amide bonds. The monoisotopic (exact) mass is 582 g/mol. The lowest BCUT2D eigenvalue weighted by Crippen LogP contribution is -2.43. The van der Waals surface area contributed by atoms with Crippen molar-refractivity contribution in [3.8, 4) is 11.8 Å². The molecule has 2 atom stereocenters. The van der Waals surface area contributed by atoms with Crippen LogP contribution in [-0.2, 0) is 0 Å². The van der Waals surface area contributed by atoms with Crippen LogP contribution in [0.5, 0.6) is 11.8 Å².